The maximum absolute atomic E-state index is 11.5. The summed E-state index contributed by atoms with van der Waals surface area (Å²) in [5.41, 5.74) is 5.32. The van der Waals surface area contributed by atoms with E-state index in [0.717, 1.165) is 9.88 Å². The van der Waals surface area contributed by atoms with Gasteiger partial charge >= 0.3 is 0 Å². The molecular formula is C9H14N4O2S. The smallest absolute Gasteiger partial charge is 0.230 e. The Hall–Kier alpha value is -1.63. The lowest BCUT2D eigenvalue weighted by Crippen LogP contribution is -2.36. The highest BCUT2D eigenvalue weighted by atomic mass is 32.1. The summed E-state index contributed by atoms with van der Waals surface area (Å²) in [7, 11) is 0. The number of amides is 1. The zero-order valence-corrected chi connectivity index (χ0v) is 9.91. The van der Waals surface area contributed by atoms with Crippen LogP contribution < -0.4 is 11.1 Å². The average molecular weight is 242 g/mol. The molecule has 4 N–H and O–H groups in total. The molecule has 0 fully saturated rings. The van der Waals surface area contributed by atoms with E-state index in [2.05, 4.69) is 15.5 Å². The fourth-order valence-electron chi connectivity index (χ4n) is 1.04. The van der Waals surface area contributed by atoms with Gasteiger partial charge in [0.05, 0.1) is 17.5 Å². The van der Waals surface area contributed by atoms with Gasteiger partial charge in [-0.2, -0.15) is 0 Å². The molecule has 0 spiro atoms. The number of carbonyl (C=O) groups excluding carboxylic acids is 1. The number of nitrogens with one attached hydrogen (secondary N) is 1. The first-order valence-corrected chi connectivity index (χ1v) is 5.52. The molecule has 0 aromatic carbocycles. The van der Waals surface area contributed by atoms with E-state index in [1.807, 2.05) is 6.92 Å². The van der Waals surface area contributed by atoms with Crippen molar-refractivity contribution >= 4 is 23.1 Å². The quantitative estimate of drug-likeness (QED) is 0.309. The number of carbonyl (C=O) groups is 1. The number of thiazole rings is 1. The number of amidine groups is 1. The van der Waals surface area contributed by atoms with Gasteiger partial charge in [0.2, 0.25) is 5.91 Å². The molecule has 0 saturated heterocycles. The normalized spacial score (nSPS) is 13.5. The van der Waals surface area contributed by atoms with Crippen LogP contribution in [0.5, 0.6) is 0 Å². The molecule has 0 radical (unpaired) electrons. The van der Waals surface area contributed by atoms with Crippen LogP contribution in [0.3, 0.4) is 0 Å². The molecular weight excluding hydrogens is 228 g/mol. The van der Waals surface area contributed by atoms with Gasteiger partial charge in [-0.3, -0.25) is 4.79 Å². The molecule has 1 unspecified atom stereocenters. The highest BCUT2D eigenvalue weighted by Gasteiger charge is 2.17. The predicted octanol–water partition coefficient (Wildman–Crippen LogP) is 0.450. The second kappa shape index (κ2) is 5.45. The van der Waals surface area contributed by atoms with Crippen molar-refractivity contribution in [1.82, 2.24) is 10.3 Å². The van der Waals surface area contributed by atoms with Crippen molar-refractivity contribution in [2.45, 2.75) is 20.4 Å². The molecule has 1 rings (SSSR count). The van der Waals surface area contributed by atoms with E-state index in [1.165, 1.54) is 11.3 Å². The van der Waals surface area contributed by atoms with Gasteiger partial charge in [-0.25, -0.2) is 4.98 Å². The van der Waals surface area contributed by atoms with Gasteiger partial charge in [-0.15, -0.1) is 11.3 Å². The Morgan fingerprint density at radius 3 is 3.00 bits per heavy atom. The predicted molar refractivity (Wildman–Crippen MR) is 61.3 cm³/mol. The number of nitrogens with zero attached hydrogens (tertiary/aromatic N) is 2. The number of aryl methyl sites for hydroxylation is 1. The SMILES string of the molecule is Cc1ncc(CNC(=O)C(C)C(N)=NO)s1. The van der Waals surface area contributed by atoms with Gasteiger partial charge in [0.25, 0.3) is 0 Å². The van der Waals surface area contributed by atoms with Crippen LogP contribution in [0, 0.1) is 12.8 Å². The highest BCUT2D eigenvalue weighted by Crippen LogP contribution is 2.10. The first-order valence-electron chi connectivity index (χ1n) is 4.71. The van der Waals surface area contributed by atoms with Crippen LogP contribution in [0.25, 0.3) is 0 Å². The topological polar surface area (TPSA) is 101 Å². The average Bonchev–Trinajstić information content (AvgIpc) is 2.69. The molecule has 16 heavy (non-hydrogen) atoms. The van der Waals surface area contributed by atoms with Crippen LogP contribution in [-0.2, 0) is 11.3 Å². The summed E-state index contributed by atoms with van der Waals surface area (Å²) < 4.78 is 0. The largest absolute Gasteiger partial charge is 0.409 e. The molecule has 0 saturated carbocycles. The summed E-state index contributed by atoms with van der Waals surface area (Å²) >= 11 is 1.52. The van der Waals surface area contributed by atoms with Crippen LogP contribution in [0.2, 0.25) is 0 Å². The Bertz CT molecular complexity index is 402. The van der Waals surface area contributed by atoms with E-state index in [-0.39, 0.29) is 11.7 Å². The minimum Gasteiger partial charge on any atom is -0.409 e. The van der Waals surface area contributed by atoms with Crippen LogP contribution in [-0.4, -0.2) is 21.9 Å². The van der Waals surface area contributed by atoms with Crippen molar-refractivity contribution in [2.24, 2.45) is 16.8 Å². The van der Waals surface area contributed by atoms with Crippen molar-refractivity contribution in [3.63, 3.8) is 0 Å². The maximum atomic E-state index is 11.5. The molecule has 1 aromatic rings. The van der Waals surface area contributed by atoms with Crippen molar-refractivity contribution in [3.8, 4) is 0 Å². The summed E-state index contributed by atoms with van der Waals surface area (Å²) in [6, 6.07) is 0. The van der Waals surface area contributed by atoms with Crippen LogP contribution in [0.15, 0.2) is 11.4 Å². The molecule has 7 heteroatoms. The second-order valence-corrected chi connectivity index (χ2v) is 4.63. The van der Waals surface area contributed by atoms with E-state index in [9.17, 15) is 4.79 Å². The summed E-state index contributed by atoms with van der Waals surface area (Å²) in [5.74, 6) is -1.02. The van der Waals surface area contributed by atoms with Gasteiger partial charge < -0.3 is 16.3 Å². The van der Waals surface area contributed by atoms with Gasteiger partial charge in [0.1, 0.15) is 0 Å². The fraction of sp³-hybridized carbons (Fsp3) is 0.444. The van der Waals surface area contributed by atoms with Gasteiger partial charge in [0.15, 0.2) is 5.84 Å². The lowest BCUT2D eigenvalue weighted by Gasteiger charge is -2.09. The van der Waals surface area contributed by atoms with Crippen molar-refractivity contribution in [1.29, 1.82) is 0 Å². The first kappa shape index (κ1) is 12.4. The molecule has 88 valence electrons. The lowest BCUT2D eigenvalue weighted by atomic mass is 10.1. The number of hydrogen-bond acceptors (Lipinski definition) is 5. The Labute approximate surface area is 97.2 Å². The van der Waals surface area contributed by atoms with Crippen molar-refractivity contribution in [3.05, 3.63) is 16.1 Å². The second-order valence-electron chi connectivity index (χ2n) is 3.31. The van der Waals surface area contributed by atoms with Crippen molar-refractivity contribution in [2.75, 3.05) is 0 Å². The van der Waals surface area contributed by atoms with Gasteiger partial charge in [-0.1, -0.05) is 5.16 Å². The van der Waals surface area contributed by atoms with Crippen LogP contribution in [0.4, 0.5) is 0 Å². The zero-order chi connectivity index (χ0) is 12.1. The Morgan fingerprint density at radius 1 is 1.81 bits per heavy atom. The Morgan fingerprint density at radius 2 is 2.50 bits per heavy atom. The summed E-state index contributed by atoms with van der Waals surface area (Å²) in [6.45, 7) is 3.88. The third-order valence-corrected chi connectivity index (χ3v) is 2.97. The number of rotatable bonds is 4. The van der Waals surface area contributed by atoms with E-state index in [0.29, 0.717) is 6.54 Å². The van der Waals surface area contributed by atoms with E-state index in [4.69, 9.17) is 10.9 Å². The standard InChI is InChI=1S/C9H14N4O2S/c1-5(8(10)13-15)9(14)12-4-7-3-11-6(2)16-7/h3,5,15H,4H2,1-2H3,(H2,10,13)(H,12,14). The number of hydrogen-bond donors (Lipinski definition) is 3. The van der Waals surface area contributed by atoms with E-state index in [1.54, 1.807) is 13.1 Å². The number of nitrogens with two attached hydrogens (primary N) is 1. The van der Waals surface area contributed by atoms with Crippen LogP contribution >= 0.6 is 11.3 Å². The van der Waals surface area contributed by atoms with Crippen LogP contribution in [0.1, 0.15) is 16.8 Å². The molecule has 1 amide bonds. The molecule has 1 aromatic heterocycles. The fourth-order valence-corrected chi connectivity index (χ4v) is 1.77. The number of aromatic nitrogens is 1. The maximum Gasteiger partial charge on any atom is 0.230 e. The Balaban J connectivity index is 2.47. The molecule has 6 nitrogen and oxygen atoms in total. The molecule has 0 aliphatic heterocycles. The van der Waals surface area contributed by atoms with E-state index >= 15 is 0 Å². The highest BCUT2D eigenvalue weighted by molar-refractivity contribution is 7.11. The summed E-state index contributed by atoms with van der Waals surface area (Å²) in [6.07, 6.45) is 1.72. The minimum absolute atomic E-state index is 0.0991. The Kier molecular flexibility index (Phi) is 4.24. The summed E-state index contributed by atoms with van der Waals surface area (Å²) in [4.78, 5) is 16.6. The zero-order valence-electron chi connectivity index (χ0n) is 9.10. The van der Waals surface area contributed by atoms with E-state index < -0.39 is 5.92 Å². The number of oxime groups is 1. The molecule has 0 aliphatic rings. The third kappa shape index (κ3) is 3.20. The molecule has 0 bridgehead atoms. The first-order chi connectivity index (χ1) is 7.54. The lowest BCUT2D eigenvalue weighted by molar-refractivity contribution is -0.122. The molecule has 0 aliphatic carbocycles. The van der Waals surface area contributed by atoms with Gasteiger partial charge in [-0.05, 0) is 13.8 Å². The van der Waals surface area contributed by atoms with Crippen molar-refractivity contribution < 1.29 is 10.0 Å². The third-order valence-electron chi connectivity index (χ3n) is 2.06. The summed E-state index contributed by atoms with van der Waals surface area (Å²) in [5, 5.41) is 14.8. The minimum atomic E-state index is -0.640. The molecule has 1 atom stereocenters. The molecule has 1 heterocycles. The van der Waals surface area contributed by atoms with Gasteiger partial charge in [0, 0.05) is 11.1 Å². The monoisotopic (exact) mass is 242 g/mol.